The molecule has 92 valence electrons. The van der Waals surface area contributed by atoms with E-state index in [1.54, 1.807) is 0 Å². The first-order chi connectivity index (χ1) is 8.49. The molecule has 0 atom stereocenters. The van der Waals surface area contributed by atoms with Crippen LogP contribution in [0.4, 0.5) is 8.78 Å². The van der Waals surface area contributed by atoms with Crippen molar-refractivity contribution in [2.45, 2.75) is 0 Å². The van der Waals surface area contributed by atoms with Gasteiger partial charge in [-0.15, -0.1) is 0 Å². The van der Waals surface area contributed by atoms with Crippen LogP contribution in [0.1, 0.15) is 10.4 Å². The molecule has 0 amide bonds. The van der Waals surface area contributed by atoms with Gasteiger partial charge < -0.3 is 5.11 Å². The van der Waals surface area contributed by atoms with Gasteiger partial charge in [0.25, 0.3) is 0 Å². The van der Waals surface area contributed by atoms with Crippen LogP contribution in [-0.2, 0) is 0 Å². The molecule has 2 aromatic rings. The Morgan fingerprint density at radius 2 is 1.56 bits per heavy atom. The van der Waals surface area contributed by atoms with Crippen molar-refractivity contribution < 1.29 is 18.7 Å². The minimum absolute atomic E-state index is 0.0481. The van der Waals surface area contributed by atoms with E-state index in [2.05, 4.69) is 0 Å². The van der Waals surface area contributed by atoms with Crippen LogP contribution in [0.5, 0.6) is 0 Å². The second kappa shape index (κ2) is 4.74. The molecular weight excluding hydrogens is 262 g/mol. The molecule has 0 bridgehead atoms. The van der Waals surface area contributed by atoms with Gasteiger partial charge in [0.2, 0.25) is 0 Å². The molecule has 0 fully saturated rings. The number of hydrogen-bond acceptors (Lipinski definition) is 1. The van der Waals surface area contributed by atoms with E-state index in [9.17, 15) is 13.6 Å². The maximum Gasteiger partial charge on any atom is 0.336 e. The third-order valence-electron chi connectivity index (χ3n) is 2.43. The number of carboxylic acids is 1. The fourth-order valence-corrected chi connectivity index (χ4v) is 1.85. The highest BCUT2D eigenvalue weighted by Crippen LogP contribution is 2.31. The van der Waals surface area contributed by atoms with Crippen LogP contribution in [0.15, 0.2) is 36.4 Å². The first kappa shape index (κ1) is 12.5. The van der Waals surface area contributed by atoms with Crippen molar-refractivity contribution in [3.8, 4) is 11.1 Å². The number of carbonyl (C=O) groups is 1. The number of benzene rings is 2. The molecule has 0 heterocycles. The maximum absolute atomic E-state index is 13.2. The van der Waals surface area contributed by atoms with Crippen molar-refractivity contribution in [3.63, 3.8) is 0 Å². The molecule has 0 unspecified atom stereocenters. The van der Waals surface area contributed by atoms with Crippen LogP contribution in [0, 0.1) is 11.6 Å². The van der Waals surface area contributed by atoms with Crippen LogP contribution in [0.25, 0.3) is 11.1 Å². The molecule has 18 heavy (non-hydrogen) atoms. The van der Waals surface area contributed by atoms with E-state index < -0.39 is 17.6 Å². The van der Waals surface area contributed by atoms with Gasteiger partial charge in [-0.2, -0.15) is 0 Å². The minimum Gasteiger partial charge on any atom is -0.478 e. The minimum atomic E-state index is -1.23. The Bertz CT molecular complexity index is 626. The molecule has 2 aromatic carbocycles. The third-order valence-corrected chi connectivity index (χ3v) is 2.76. The van der Waals surface area contributed by atoms with Gasteiger partial charge in [-0.3, -0.25) is 0 Å². The molecule has 0 saturated heterocycles. The Hall–Kier alpha value is -1.94. The Morgan fingerprint density at radius 3 is 2.17 bits per heavy atom. The summed E-state index contributed by atoms with van der Waals surface area (Å²) in [6.07, 6.45) is 0. The van der Waals surface area contributed by atoms with Gasteiger partial charge in [-0.25, -0.2) is 13.6 Å². The van der Waals surface area contributed by atoms with E-state index in [4.69, 9.17) is 16.7 Å². The first-order valence-corrected chi connectivity index (χ1v) is 5.35. The van der Waals surface area contributed by atoms with Crippen molar-refractivity contribution in [1.82, 2.24) is 0 Å². The molecule has 2 nitrogen and oxygen atoms in total. The van der Waals surface area contributed by atoms with E-state index in [1.807, 2.05) is 0 Å². The lowest BCUT2D eigenvalue weighted by Crippen LogP contribution is -2.00. The Kier molecular flexibility index (Phi) is 3.30. The molecule has 0 spiro atoms. The van der Waals surface area contributed by atoms with E-state index in [0.717, 1.165) is 30.3 Å². The highest BCUT2D eigenvalue weighted by Gasteiger charge is 2.15. The lowest BCUT2D eigenvalue weighted by molar-refractivity contribution is 0.0697. The van der Waals surface area contributed by atoms with Gasteiger partial charge in [-0.1, -0.05) is 11.6 Å². The van der Waals surface area contributed by atoms with Crippen LogP contribution < -0.4 is 0 Å². The van der Waals surface area contributed by atoms with E-state index in [1.165, 1.54) is 6.07 Å². The summed E-state index contributed by atoms with van der Waals surface area (Å²) in [5.41, 5.74) is 0.0597. The van der Waals surface area contributed by atoms with Crippen LogP contribution >= 0.6 is 11.6 Å². The predicted octanol–water partition coefficient (Wildman–Crippen LogP) is 3.98. The third kappa shape index (κ3) is 2.33. The SMILES string of the molecule is O=C(O)c1ccc(F)cc1-c1cc(F)ccc1Cl. The zero-order valence-electron chi connectivity index (χ0n) is 8.95. The average Bonchev–Trinajstić information content (AvgIpc) is 2.31. The summed E-state index contributed by atoms with van der Waals surface area (Å²) >= 11 is 5.88. The zero-order valence-corrected chi connectivity index (χ0v) is 9.71. The molecule has 1 N–H and O–H groups in total. The Labute approximate surface area is 106 Å². The summed E-state index contributed by atoms with van der Waals surface area (Å²) in [6, 6.07) is 6.68. The molecule has 2 rings (SSSR count). The number of hydrogen-bond donors (Lipinski definition) is 1. The van der Waals surface area contributed by atoms with Crippen LogP contribution in [0.3, 0.4) is 0 Å². The van der Waals surface area contributed by atoms with Crippen molar-refractivity contribution in [3.05, 3.63) is 58.6 Å². The first-order valence-electron chi connectivity index (χ1n) is 4.97. The molecule has 0 radical (unpaired) electrons. The monoisotopic (exact) mass is 268 g/mol. The molecule has 0 aliphatic carbocycles. The van der Waals surface area contributed by atoms with Gasteiger partial charge in [0.05, 0.1) is 5.56 Å². The average molecular weight is 269 g/mol. The lowest BCUT2D eigenvalue weighted by Gasteiger charge is -2.08. The summed E-state index contributed by atoms with van der Waals surface area (Å²) in [7, 11) is 0. The Balaban J connectivity index is 2.73. The normalized spacial score (nSPS) is 10.4. The standard InChI is InChI=1S/C13H7ClF2O2/c14-12-4-2-8(16)6-11(12)10-5-7(15)1-3-9(10)13(17)18/h1-6H,(H,17,18). The van der Waals surface area contributed by atoms with Gasteiger partial charge >= 0.3 is 5.97 Å². The summed E-state index contributed by atoms with van der Waals surface area (Å²) in [4.78, 5) is 11.0. The van der Waals surface area contributed by atoms with Crippen LogP contribution in [-0.4, -0.2) is 11.1 Å². The van der Waals surface area contributed by atoms with Gasteiger partial charge in [0.1, 0.15) is 11.6 Å². The fourth-order valence-electron chi connectivity index (χ4n) is 1.63. The summed E-state index contributed by atoms with van der Waals surface area (Å²) < 4.78 is 26.4. The quantitative estimate of drug-likeness (QED) is 0.894. The van der Waals surface area contributed by atoms with Crippen molar-refractivity contribution in [1.29, 1.82) is 0 Å². The van der Waals surface area contributed by atoms with Crippen molar-refractivity contribution >= 4 is 17.6 Å². The second-order valence-electron chi connectivity index (χ2n) is 3.62. The summed E-state index contributed by atoms with van der Waals surface area (Å²) in [5.74, 6) is -2.42. The molecule has 5 heteroatoms. The molecule has 0 aliphatic heterocycles. The number of aromatic carboxylic acids is 1. The Morgan fingerprint density at radius 1 is 1.00 bits per heavy atom. The highest BCUT2D eigenvalue weighted by atomic mass is 35.5. The largest absolute Gasteiger partial charge is 0.478 e. The molecule has 0 aliphatic rings. The fraction of sp³-hybridized carbons (Fsp3) is 0. The molecule has 0 saturated carbocycles. The van der Waals surface area contributed by atoms with E-state index in [0.29, 0.717) is 0 Å². The maximum atomic E-state index is 13.2. The predicted molar refractivity (Wildman–Crippen MR) is 63.8 cm³/mol. The number of carboxylic acid groups (broad SMARTS) is 1. The van der Waals surface area contributed by atoms with E-state index >= 15 is 0 Å². The summed E-state index contributed by atoms with van der Waals surface area (Å²) in [5, 5.41) is 9.18. The van der Waals surface area contributed by atoms with Crippen LogP contribution in [0.2, 0.25) is 5.02 Å². The topological polar surface area (TPSA) is 37.3 Å². The molecule has 0 aromatic heterocycles. The highest BCUT2D eigenvalue weighted by molar-refractivity contribution is 6.33. The summed E-state index contributed by atoms with van der Waals surface area (Å²) in [6.45, 7) is 0. The smallest absolute Gasteiger partial charge is 0.336 e. The number of rotatable bonds is 2. The van der Waals surface area contributed by atoms with Gasteiger partial charge in [0.15, 0.2) is 0 Å². The lowest BCUT2D eigenvalue weighted by atomic mass is 9.99. The molecular formula is C13H7ClF2O2. The zero-order chi connectivity index (χ0) is 13.3. The van der Waals surface area contributed by atoms with Gasteiger partial charge in [-0.05, 0) is 36.4 Å². The van der Waals surface area contributed by atoms with Gasteiger partial charge in [0, 0.05) is 16.1 Å². The number of halogens is 3. The van der Waals surface area contributed by atoms with Crippen molar-refractivity contribution in [2.75, 3.05) is 0 Å². The second-order valence-corrected chi connectivity index (χ2v) is 4.03. The van der Waals surface area contributed by atoms with E-state index in [-0.39, 0.29) is 21.7 Å². The van der Waals surface area contributed by atoms with Crippen molar-refractivity contribution in [2.24, 2.45) is 0 Å².